The van der Waals surface area contributed by atoms with Gasteiger partial charge < -0.3 is 9.64 Å². The number of sulfonamides is 1. The molecule has 0 spiro atoms. The molecule has 2 N–H and O–H groups in total. The number of ether oxygens (including phenoxy) is 1. The molecule has 0 radical (unpaired) electrons. The molecule has 0 aromatic heterocycles. The van der Waals surface area contributed by atoms with Crippen LogP contribution in [-0.4, -0.2) is 38.1 Å². The van der Waals surface area contributed by atoms with E-state index >= 15 is 0 Å². The third-order valence-electron chi connectivity index (χ3n) is 3.89. The highest BCUT2D eigenvalue weighted by atomic mass is 32.2. The SMILES string of the molecule is NS(=O)(=O)CC1CC(=O)N(Cc2ccc3c(c2)CCO3)C1. The second kappa shape index (κ2) is 5.31. The molecular weight excluding hydrogens is 292 g/mol. The zero-order valence-corrected chi connectivity index (χ0v) is 12.4. The zero-order chi connectivity index (χ0) is 15.0. The number of likely N-dealkylation sites (tertiary alicyclic amines) is 1. The first-order valence-corrected chi connectivity index (χ1v) is 8.65. The zero-order valence-electron chi connectivity index (χ0n) is 11.6. The van der Waals surface area contributed by atoms with E-state index in [1.807, 2.05) is 12.1 Å². The number of nitrogens with zero attached hydrogens (tertiary/aromatic N) is 1. The first-order valence-electron chi connectivity index (χ1n) is 6.93. The van der Waals surface area contributed by atoms with Crippen molar-refractivity contribution in [2.24, 2.45) is 11.1 Å². The lowest BCUT2D eigenvalue weighted by Gasteiger charge is -2.17. The Hall–Kier alpha value is -1.60. The van der Waals surface area contributed by atoms with Crippen molar-refractivity contribution in [3.63, 3.8) is 0 Å². The number of rotatable bonds is 4. The molecule has 7 heteroatoms. The Kier molecular flexibility index (Phi) is 3.62. The van der Waals surface area contributed by atoms with Gasteiger partial charge in [0, 0.05) is 31.8 Å². The maximum atomic E-state index is 12.0. The van der Waals surface area contributed by atoms with Gasteiger partial charge in [-0.3, -0.25) is 4.79 Å². The summed E-state index contributed by atoms with van der Waals surface area (Å²) in [6.45, 7) is 1.66. The minimum absolute atomic E-state index is 0.0135. The van der Waals surface area contributed by atoms with Crippen molar-refractivity contribution < 1.29 is 17.9 Å². The largest absolute Gasteiger partial charge is 0.493 e. The fourth-order valence-electron chi connectivity index (χ4n) is 3.01. The van der Waals surface area contributed by atoms with E-state index in [1.165, 1.54) is 5.56 Å². The molecule has 0 saturated carbocycles. The summed E-state index contributed by atoms with van der Waals surface area (Å²) in [6, 6.07) is 5.94. The smallest absolute Gasteiger partial charge is 0.223 e. The minimum Gasteiger partial charge on any atom is -0.493 e. The Bertz CT molecular complexity index is 672. The Balaban J connectivity index is 1.67. The lowest BCUT2D eigenvalue weighted by Crippen LogP contribution is -2.27. The molecule has 114 valence electrons. The van der Waals surface area contributed by atoms with Crippen molar-refractivity contribution in [3.8, 4) is 5.75 Å². The van der Waals surface area contributed by atoms with Gasteiger partial charge in [-0.15, -0.1) is 0 Å². The summed E-state index contributed by atoms with van der Waals surface area (Å²) >= 11 is 0. The third-order valence-corrected chi connectivity index (χ3v) is 4.83. The molecule has 0 aliphatic carbocycles. The van der Waals surface area contributed by atoms with Crippen molar-refractivity contribution in [1.29, 1.82) is 0 Å². The van der Waals surface area contributed by atoms with Crippen LogP contribution in [-0.2, 0) is 27.8 Å². The Labute approximate surface area is 123 Å². The molecule has 0 bridgehead atoms. The van der Waals surface area contributed by atoms with E-state index in [0.29, 0.717) is 19.7 Å². The van der Waals surface area contributed by atoms with E-state index in [2.05, 4.69) is 6.07 Å². The molecule has 2 aliphatic heterocycles. The van der Waals surface area contributed by atoms with Gasteiger partial charge in [-0.1, -0.05) is 12.1 Å². The van der Waals surface area contributed by atoms with Gasteiger partial charge in [0.15, 0.2) is 0 Å². The van der Waals surface area contributed by atoms with Crippen LogP contribution in [0.2, 0.25) is 0 Å². The van der Waals surface area contributed by atoms with Gasteiger partial charge in [-0.25, -0.2) is 13.6 Å². The molecule has 1 unspecified atom stereocenters. The average molecular weight is 310 g/mol. The molecule has 2 aliphatic rings. The van der Waals surface area contributed by atoms with Crippen LogP contribution in [0, 0.1) is 5.92 Å². The molecule has 21 heavy (non-hydrogen) atoms. The number of fused-ring (bicyclic) bond motifs is 1. The summed E-state index contributed by atoms with van der Waals surface area (Å²) in [5.41, 5.74) is 2.21. The first-order chi connectivity index (χ1) is 9.90. The highest BCUT2D eigenvalue weighted by molar-refractivity contribution is 7.89. The monoisotopic (exact) mass is 310 g/mol. The highest BCUT2D eigenvalue weighted by Crippen LogP contribution is 2.27. The molecule has 1 amide bonds. The minimum atomic E-state index is -3.53. The summed E-state index contributed by atoms with van der Waals surface area (Å²) in [6.07, 6.45) is 1.15. The van der Waals surface area contributed by atoms with Gasteiger partial charge >= 0.3 is 0 Å². The number of carbonyl (C=O) groups excluding carboxylic acids is 1. The number of carbonyl (C=O) groups is 1. The average Bonchev–Trinajstić information content (AvgIpc) is 2.94. The summed E-state index contributed by atoms with van der Waals surface area (Å²) in [7, 11) is -3.53. The van der Waals surface area contributed by atoms with Crippen molar-refractivity contribution in [3.05, 3.63) is 29.3 Å². The summed E-state index contributed by atoms with van der Waals surface area (Å²) in [5.74, 6) is 0.567. The van der Waals surface area contributed by atoms with Gasteiger partial charge in [0.1, 0.15) is 5.75 Å². The van der Waals surface area contributed by atoms with Crippen LogP contribution in [0.1, 0.15) is 17.5 Å². The topological polar surface area (TPSA) is 89.7 Å². The predicted octanol–water partition coefficient (Wildman–Crippen LogP) is 0.259. The van der Waals surface area contributed by atoms with E-state index in [-0.39, 0.29) is 24.0 Å². The quantitative estimate of drug-likeness (QED) is 0.863. The van der Waals surface area contributed by atoms with E-state index < -0.39 is 10.0 Å². The number of hydrogen-bond acceptors (Lipinski definition) is 4. The van der Waals surface area contributed by atoms with Gasteiger partial charge in [0.25, 0.3) is 0 Å². The van der Waals surface area contributed by atoms with Crippen LogP contribution >= 0.6 is 0 Å². The van der Waals surface area contributed by atoms with Crippen molar-refractivity contribution in [2.45, 2.75) is 19.4 Å². The predicted molar refractivity (Wildman–Crippen MR) is 77.1 cm³/mol. The fourth-order valence-corrected chi connectivity index (χ4v) is 3.89. The van der Waals surface area contributed by atoms with Crippen LogP contribution in [0.25, 0.3) is 0 Å². The normalized spacial score (nSPS) is 21.5. The van der Waals surface area contributed by atoms with E-state index in [9.17, 15) is 13.2 Å². The number of hydrogen-bond donors (Lipinski definition) is 1. The van der Waals surface area contributed by atoms with Crippen LogP contribution in [0.15, 0.2) is 18.2 Å². The maximum absolute atomic E-state index is 12.0. The lowest BCUT2D eigenvalue weighted by atomic mass is 10.1. The number of benzene rings is 1. The molecule has 1 aromatic carbocycles. The fraction of sp³-hybridized carbons (Fsp3) is 0.500. The molecule has 3 rings (SSSR count). The van der Waals surface area contributed by atoms with Crippen molar-refractivity contribution >= 4 is 15.9 Å². The van der Waals surface area contributed by atoms with Gasteiger partial charge in [-0.05, 0) is 17.2 Å². The Morgan fingerprint density at radius 3 is 2.95 bits per heavy atom. The highest BCUT2D eigenvalue weighted by Gasteiger charge is 2.31. The molecular formula is C14H18N2O4S. The molecule has 2 heterocycles. The number of nitrogens with two attached hydrogens (primary N) is 1. The second-order valence-electron chi connectivity index (χ2n) is 5.71. The van der Waals surface area contributed by atoms with E-state index in [4.69, 9.17) is 9.88 Å². The van der Waals surface area contributed by atoms with Gasteiger partial charge in [-0.2, -0.15) is 0 Å². The lowest BCUT2D eigenvalue weighted by molar-refractivity contribution is -0.128. The molecule has 1 atom stereocenters. The summed E-state index contributed by atoms with van der Waals surface area (Å²) in [5, 5.41) is 5.05. The molecule has 1 aromatic rings. The van der Waals surface area contributed by atoms with Gasteiger partial charge in [0.2, 0.25) is 15.9 Å². The summed E-state index contributed by atoms with van der Waals surface area (Å²) < 4.78 is 27.7. The van der Waals surface area contributed by atoms with Gasteiger partial charge in [0.05, 0.1) is 12.4 Å². The number of amides is 1. The Morgan fingerprint density at radius 2 is 2.19 bits per heavy atom. The first kappa shape index (κ1) is 14.3. The molecule has 1 saturated heterocycles. The van der Waals surface area contributed by atoms with Crippen LogP contribution < -0.4 is 9.88 Å². The van der Waals surface area contributed by atoms with E-state index in [0.717, 1.165) is 17.7 Å². The second-order valence-corrected chi connectivity index (χ2v) is 7.37. The van der Waals surface area contributed by atoms with Crippen LogP contribution in [0.5, 0.6) is 5.75 Å². The van der Waals surface area contributed by atoms with Crippen molar-refractivity contribution in [1.82, 2.24) is 4.90 Å². The van der Waals surface area contributed by atoms with Crippen molar-refractivity contribution in [2.75, 3.05) is 18.9 Å². The standard InChI is InChI=1S/C14H18N2O4S/c15-21(18,19)9-11-6-14(17)16(8-11)7-10-1-2-13-12(5-10)3-4-20-13/h1-2,5,11H,3-4,6-9H2,(H2,15,18,19). The molecule has 6 nitrogen and oxygen atoms in total. The Morgan fingerprint density at radius 1 is 1.38 bits per heavy atom. The summed E-state index contributed by atoms with van der Waals surface area (Å²) in [4.78, 5) is 13.7. The van der Waals surface area contributed by atoms with E-state index in [1.54, 1.807) is 4.90 Å². The van der Waals surface area contributed by atoms with Crippen LogP contribution in [0.4, 0.5) is 0 Å². The maximum Gasteiger partial charge on any atom is 0.223 e. The third kappa shape index (κ3) is 3.36. The molecule has 1 fully saturated rings. The number of primary sulfonamides is 1. The van der Waals surface area contributed by atoms with Crippen LogP contribution in [0.3, 0.4) is 0 Å².